The van der Waals surface area contributed by atoms with E-state index in [1.807, 2.05) is 14.0 Å². The summed E-state index contributed by atoms with van der Waals surface area (Å²) < 4.78 is 1.80. The van der Waals surface area contributed by atoms with Crippen molar-refractivity contribution in [2.24, 2.45) is 7.05 Å². The largest absolute Gasteiger partial charge is 0.370 e. The topological polar surface area (TPSA) is 111 Å². The Kier molecular flexibility index (Phi) is 4.64. The predicted molar refractivity (Wildman–Crippen MR) is 78.3 cm³/mol. The van der Waals surface area contributed by atoms with Gasteiger partial charge in [0.25, 0.3) is 0 Å². The second kappa shape index (κ2) is 6.64. The van der Waals surface area contributed by atoms with Crippen LogP contribution in [0.5, 0.6) is 0 Å². The second-order valence-electron chi connectivity index (χ2n) is 4.39. The Bertz CT molecular complexity index is 626. The summed E-state index contributed by atoms with van der Waals surface area (Å²) in [5.74, 6) is 1.65. The van der Waals surface area contributed by atoms with E-state index in [1.54, 1.807) is 17.0 Å². The van der Waals surface area contributed by atoms with Crippen molar-refractivity contribution >= 4 is 17.3 Å². The van der Waals surface area contributed by atoms with Gasteiger partial charge in [-0.15, -0.1) is 10.2 Å². The van der Waals surface area contributed by atoms with Crippen LogP contribution in [0.15, 0.2) is 18.5 Å². The minimum absolute atomic E-state index is 0.0466. The lowest BCUT2D eigenvalue weighted by Gasteiger charge is -2.08. The summed E-state index contributed by atoms with van der Waals surface area (Å²) in [5.41, 5.74) is -0.0466. The van der Waals surface area contributed by atoms with E-state index < -0.39 is 4.92 Å². The van der Waals surface area contributed by atoms with Gasteiger partial charge in [-0.25, -0.2) is 4.98 Å². The molecule has 2 aromatic rings. The van der Waals surface area contributed by atoms with Crippen molar-refractivity contribution < 1.29 is 4.92 Å². The van der Waals surface area contributed by atoms with E-state index in [0.717, 1.165) is 5.82 Å². The summed E-state index contributed by atoms with van der Waals surface area (Å²) in [5, 5.41) is 24.8. The first kappa shape index (κ1) is 14.7. The van der Waals surface area contributed by atoms with Crippen LogP contribution in [0.25, 0.3) is 0 Å². The molecule has 0 spiro atoms. The van der Waals surface area contributed by atoms with Gasteiger partial charge in [-0.1, -0.05) is 0 Å². The molecule has 9 heteroatoms. The fourth-order valence-electron chi connectivity index (χ4n) is 1.83. The number of nitro groups is 1. The Labute approximate surface area is 121 Å². The van der Waals surface area contributed by atoms with Crippen molar-refractivity contribution in [1.29, 1.82) is 0 Å². The van der Waals surface area contributed by atoms with E-state index in [1.165, 1.54) is 6.07 Å². The molecule has 0 fully saturated rings. The highest BCUT2D eigenvalue weighted by Crippen LogP contribution is 2.23. The number of rotatable bonds is 7. The number of pyridine rings is 1. The van der Waals surface area contributed by atoms with E-state index in [9.17, 15) is 10.1 Å². The van der Waals surface area contributed by atoms with Gasteiger partial charge < -0.3 is 15.2 Å². The summed E-state index contributed by atoms with van der Waals surface area (Å²) in [4.78, 5) is 14.8. The van der Waals surface area contributed by atoms with Crippen LogP contribution < -0.4 is 10.6 Å². The molecule has 0 aliphatic carbocycles. The van der Waals surface area contributed by atoms with Crippen LogP contribution in [0.1, 0.15) is 12.7 Å². The van der Waals surface area contributed by atoms with Gasteiger partial charge in [0, 0.05) is 32.6 Å². The fourth-order valence-corrected chi connectivity index (χ4v) is 1.83. The SMILES string of the molecule is CCNc1ccc([N+](=O)[O-])c(NCCc2nncn2C)n1. The molecule has 0 saturated carbocycles. The molecular formula is C12H17N7O2. The number of hydrogen-bond donors (Lipinski definition) is 2. The first-order valence-electron chi connectivity index (χ1n) is 6.58. The van der Waals surface area contributed by atoms with E-state index in [2.05, 4.69) is 25.8 Å². The van der Waals surface area contributed by atoms with E-state index in [-0.39, 0.29) is 11.5 Å². The Hall–Kier alpha value is -2.71. The summed E-state index contributed by atoms with van der Waals surface area (Å²) in [6.45, 7) is 3.11. The molecule has 2 rings (SSSR count). The third-order valence-electron chi connectivity index (χ3n) is 2.87. The molecule has 0 atom stereocenters. The van der Waals surface area contributed by atoms with Gasteiger partial charge in [0.15, 0.2) is 0 Å². The first-order valence-corrected chi connectivity index (χ1v) is 6.58. The van der Waals surface area contributed by atoms with E-state index in [0.29, 0.717) is 25.3 Å². The molecule has 0 saturated heterocycles. The quantitative estimate of drug-likeness (QED) is 0.582. The molecule has 0 bridgehead atoms. The van der Waals surface area contributed by atoms with Crippen molar-refractivity contribution in [2.45, 2.75) is 13.3 Å². The van der Waals surface area contributed by atoms with Gasteiger partial charge in [-0.05, 0) is 13.0 Å². The fraction of sp³-hybridized carbons (Fsp3) is 0.417. The summed E-state index contributed by atoms with van der Waals surface area (Å²) in [6.07, 6.45) is 2.21. The maximum Gasteiger partial charge on any atom is 0.311 e. The predicted octanol–water partition coefficient (Wildman–Crippen LogP) is 1.20. The molecule has 0 aliphatic heterocycles. The van der Waals surface area contributed by atoms with Crippen molar-refractivity contribution in [3.8, 4) is 0 Å². The van der Waals surface area contributed by atoms with Gasteiger partial charge in [0.2, 0.25) is 5.82 Å². The molecule has 0 amide bonds. The monoisotopic (exact) mass is 291 g/mol. The maximum absolute atomic E-state index is 11.0. The van der Waals surface area contributed by atoms with Crippen LogP contribution in [-0.2, 0) is 13.5 Å². The standard InChI is InChI=1S/C12H17N7O2/c1-3-13-10-5-4-9(19(20)21)12(16-10)14-7-6-11-17-15-8-18(11)2/h4-5,8H,3,6-7H2,1-2H3,(H2,13,14,16). The van der Waals surface area contributed by atoms with Crippen LogP contribution >= 0.6 is 0 Å². The van der Waals surface area contributed by atoms with Crippen molar-refractivity contribution in [1.82, 2.24) is 19.7 Å². The molecule has 2 heterocycles. The maximum atomic E-state index is 11.0. The number of anilines is 2. The minimum atomic E-state index is -0.451. The zero-order chi connectivity index (χ0) is 15.2. The van der Waals surface area contributed by atoms with Gasteiger partial charge >= 0.3 is 5.69 Å². The lowest BCUT2D eigenvalue weighted by Crippen LogP contribution is -2.12. The normalized spacial score (nSPS) is 10.4. The number of nitrogens with zero attached hydrogens (tertiary/aromatic N) is 5. The summed E-state index contributed by atoms with van der Waals surface area (Å²) >= 11 is 0. The van der Waals surface area contributed by atoms with Crippen LogP contribution in [0.3, 0.4) is 0 Å². The summed E-state index contributed by atoms with van der Waals surface area (Å²) in [7, 11) is 1.85. The number of hydrogen-bond acceptors (Lipinski definition) is 7. The molecule has 112 valence electrons. The Morgan fingerprint density at radius 3 is 2.81 bits per heavy atom. The molecule has 0 aromatic carbocycles. The zero-order valence-corrected chi connectivity index (χ0v) is 11.9. The second-order valence-corrected chi connectivity index (χ2v) is 4.39. The molecule has 0 unspecified atom stereocenters. The molecule has 0 aliphatic rings. The number of aromatic nitrogens is 4. The van der Waals surface area contributed by atoms with Crippen LogP contribution in [0, 0.1) is 10.1 Å². The van der Waals surface area contributed by atoms with Gasteiger partial charge in [0.1, 0.15) is 18.0 Å². The minimum Gasteiger partial charge on any atom is -0.370 e. The van der Waals surface area contributed by atoms with Gasteiger partial charge in [0.05, 0.1) is 4.92 Å². The number of aryl methyl sites for hydroxylation is 1. The van der Waals surface area contributed by atoms with Crippen LogP contribution in [0.4, 0.5) is 17.3 Å². The van der Waals surface area contributed by atoms with Crippen molar-refractivity contribution in [2.75, 3.05) is 23.7 Å². The van der Waals surface area contributed by atoms with E-state index >= 15 is 0 Å². The molecular weight excluding hydrogens is 274 g/mol. The highest BCUT2D eigenvalue weighted by Gasteiger charge is 2.15. The Morgan fingerprint density at radius 1 is 1.38 bits per heavy atom. The van der Waals surface area contributed by atoms with Crippen LogP contribution in [-0.4, -0.2) is 37.8 Å². The van der Waals surface area contributed by atoms with Crippen molar-refractivity contribution in [3.05, 3.63) is 34.4 Å². The molecule has 9 nitrogen and oxygen atoms in total. The van der Waals surface area contributed by atoms with Crippen molar-refractivity contribution in [3.63, 3.8) is 0 Å². The lowest BCUT2D eigenvalue weighted by molar-refractivity contribution is -0.384. The summed E-state index contributed by atoms with van der Waals surface area (Å²) in [6, 6.07) is 3.03. The first-order chi connectivity index (χ1) is 10.1. The highest BCUT2D eigenvalue weighted by atomic mass is 16.6. The lowest BCUT2D eigenvalue weighted by atomic mass is 10.3. The number of nitrogens with one attached hydrogen (secondary N) is 2. The molecule has 21 heavy (non-hydrogen) atoms. The average Bonchev–Trinajstić information content (AvgIpc) is 2.85. The molecule has 0 radical (unpaired) electrons. The molecule has 2 N–H and O–H groups in total. The Balaban J connectivity index is 2.07. The Morgan fingerprint density at radius 2 is 2.19 bits per heavy atom. The van der Waals surface area contributed by atoms with E-state index in [4.69, 9.17) is 0 Å². The average molecular weight is 291 g/mol. The third kappa shape index (κ3) is 3.65. The smallest absolute Gasteiger partial charge is 0.311 e. The van der Waals surface area contributed by atoms with Gasteiger partial charge in [-0.3, -0.25) is 10.1 Å². The zero-order valence-electron chi connectivity index (χ0n) is 11.9. The third-order valence-corrected chi connectivity index (χ3v) is 2.87. The molecule has 2 aromatic heterocycles. The van der Waals surface area contributed by atoms with Crippen LogP contribution in [0.2, 0.25) is 0 Å². The highest BCUT2D eigenvalue weighted by molar-refractivity contribution is 5.60. The van der Waals surface area contributed by atoms with Gasteiger partial charge in [-0.2, -0.15) is 0 Å².